The van der Waals surface area contributed by atoms with E-state index in [0.717, 1.165) is 6.26 Å². The molecule has 2 heterocycles. The summed E-state index contributed by atoms with van der Waals surface area (Å²) in [4.78, 5) is 7.88. The Morgan fingerprint density at radius 2 is 2.20 bits per heavy atom. The highest BCUT2D eigenvalue weighted by molar-refractivity contribution is 7.90. The summed E-state index contributed by atoms with van der Waals surface area (Å²) in [6.07, 6.45) is 4.03. The van der Waals surface area contributed by atoms with Gasteiger partial charge in [0.25, 0.3) is 5.16 Å². The van der Waals surface area contributed by atoms with Gasteiger partial charge < -0.3 is 0 Å². The van der Waals surface area contributed by atoms with Crippen molar-refractivity contribution >= 4 is 21.2 Å². The van der Waals surface area contributed by atoms with Gasteiger partial charge in [-0.2, -0.15) is 5.10 Å². The standard InChI is InChI=1S/C7H6N4O2S2/c1-15(12,13)7-10-5(4-9-11-7)6-8-2-3-14-6/h2-4H,1H3. The average molecular weight is 242 g/mol. The molecule has 0 aliphatic rings. The summed E-state index contributed by atoms with van der Waals surface area (Å²) < 4.78 is 22.3. The van der Waals surface area contributed by atoms with Crippen molar-refractivity contribution in [2.24, 2.45) is 0 Å². The second kappa shape index (κ2) is 3.63. The summed E-state index contributed by atoms with van der Waals surface area (Å²) >= 11 is 1.36. The molecule has 0 spiro atoms. The maximum atomic E-state index is 11.2. The summed E-state index contributed by atoms with van der Waals surface area (Å²) in [7, 11) is -3.42. The molecule has 2 rings (SSSR count). The summed E-state index contributed by atoms with van der Waals surface area (Å²) in [6.45, 7) is 0. The van der Waals surface area contributed by atoms with E-state index in [9.17, 15) is 8.42 Å². The fourth-order valence-electron chi connectivity index (χ4n) is 0.897. The molecule has 0 aliphatic carbocycles. The van der Waals surface area contributed by atoms with Gasteiger partial charge in [-0.15, -0.1) is 16.4 Å². The second-order valence-corrected chi connectivity index (χ2v) is 5.54. The Labute approximate surface area is 90.0 Å². The van der Waals surface area contributed by atoms with Crippen molar-refractivity contribution in [3.8, 4) is 10.7 Å². The number of hydrogen-bond acceptors (Lipinski definition) is 7. The number of rotatable bonds is 2. The first-order chi connectivity index (χ1) is 7.07. The first kappa shape index (κ1) is 10.1. The van der Waals surface area contributed by atoms with Crippen LogP contribution < -0.4 is 0 Å². The van der Waals surface area contributed by atoms with E-state index in [0.29, 0.717) is 10.7 Å². The third-order valence-corrected chi connectivity index (χ3v) is 3.15. The SMILES string of the molecule is CS(=O)(=O)c1nncc(-c2nccs2)n1. The van der Waals surface area contributed by atoms with Crippen LogP contribution in [-0.2, 0) is 9.84 Å². The van der Waals surface area contributed by atoms with Crippen molar-refractivity contribution in [1.82, 2.24) is 20.2 Å². The van der Waals surface area contributed by atoms with Gasteiger partial charge in [0.05, 0.1) is 6.20 Å². The van der Waals surface area contributed by atoms with Crippen LogP contribution in [0.1, 0.15) is 0 Å². The molecule has 0 unspecified atom stereocenters. The molecule has 0 saturated carbocycles. The lowest BCUT2D eigenvalue weighted by atomic mass is 10.5. The molecule has 0 amide bonds. The zero-order valence-electron chi connectivity index (χ0n) is 7.65. The molecule has 0 atom stereocenters. The minimum absolute atomic E-state index is 0.282. The Bertz CT molecular complexity index is 564. The quantitative estimate of drug-likeness (QED) is 0.757. The van der Waals surface area contributed by atoms with E-state index in [4.69, 9.17) is 0 Å². The van der Waals surface area contributed by atoms with Gasteiger partial charge in [-0.25, -0.2) is 18.4 Å². The molecule has 78 valence electrons. The Hall–Kier alpha value is -1.41. The van der Waals surface area contributed by atoms with Crippen LogP contribution in [0, 0.1) is 0 Å². The summed E-state index contributed by atoms with van der Waals surface area (Å²) in [6, 6.07) is 0. The van der Waals surface area contributed by atoms with E-state index in [1.807, 2.05) is 0 Å². The molecule has 0 aliphatic heterocycles. The monoisotopic (exact) mass is 242 g/mol. The molecule has 0 N–H and O–H groups in total. The number of aromatic nitrogens is 4. The van der Waals surface area contributed by atoms with Gasteiger partial charge in [0.15, 0.2) is 0 Å². The predicted octanol–water partition coefficient (Wildman–Crippen LogP) is 0.399. The molecule has 0 saturated heterocycles. The molecule has 8 heteroatoms. The van der Waals surface area contributed by atoms with Crippen molar-refractivity contribution in [1.29, 1.82) is 0 Å². The molecule has 2 aromatic heterocycles. The fraction of sp³-hybridized carbons (Fsp3) is 0.143. The molecule has 15 heavy (non-hydrogen) atoms. The zero-order chi connectivity index (χ0) is 10.9. The van der Waals surface area contributed by atoms with Crippen LogP contribution >= 0.6 is 11.3 Å². The van der Waals surface area contributed by atoms with Crippen molar-refractivity contribution in [3.05, 3.63) is 17.8 Å². The molecule has 0 aromatic carbocycles. The fourth-order valence-corrected chi connectivity index (χ4v) is 1.95. The van der Waals surface area contributed by atoms with Crippen LogP contribution in [0.5, 0.6) is 0 Å². The Morgan fingerprint density at radius 1 is 1.40 bits per heavy atom. The van der Waals surface area contributed by atoms with E-state index >= 15 is 0 Å². The molecule has 0 bridgehead atoms. The highest BCUT2D eigenvalue weighted by Gasteiger charge is 2.13. The lowest BCUT2D eigenvalue weighted by Crippen LogP contribution is -2.05. The summed E-state index contributed by atoms with van der Waals surface area (Å²) in [5, 5.41) is 9.14. The normalized spacial score (nSPS) is 11.5. The number of thiazole rings is 1. The lowest BCUT2D eigenvalue weighted by molar-refractivity contribution is 0.589. The predicted molar refractivity (Wildman–Crippen MR) is 54.0 cm³/mol. The molecule has 2 aromatic rings. The van der Waals surface area contributed by atoms with Crippen LogP contribution in [0.15, 0.2) is 22.9 Å². The first-order valence-corrected chi connectivity index (χ1v) is 6.64. The first-order valence-electron chi connectivity index (χ1n) is 3.87. The minimum atomic E-state index is -3.42. The summed E-state index contributed by atoms with van der Waals surface area (Å²) in [5.41, 5.74) is 0.417. The van der Waals surface area contributed by atoms with Gasteiger partial charge in [0.1, 0.15) is 10.7 Å². The van der Waals surface area contributed by atoms with Crippen LogP contribution in [-0.4, -0.2) is 34.8 Å². The van der Waals surface area contributed by atoms with Crippen LogP contribution in [0.2, 0.25) is 0 Å². The van der Waals surface area contributed by atoms with Crippen molar-refractivity contribution in [3.63, 3.8) is 0 Å². The maximum absolute atomic E-state index is 11.2. The Kier molecular flexibility index (Phi) is 2.45. The second-order valence-electron chi connectivity index (χ2n) is 2.73. The Morgan fingerprint density at radius 3 is 2.80 bits per heavy atom. The van der Waals surface area contributed by atoms with Crippen LogP contribution in [0.25, 0.3) is 10.7 Å². The largest absolute Gasteiger partial charge is 0.267 e. The molecular formula is C7H6N4O2S2. The highest BCUT2D eigenvalue weighted by atomic mass is 32.2. The number of sulfone groups is 1. The highest BCUT2D eigenvalue weighted by Crippen LogP contribution is 2.18. The van der Waals surface area contributed by atoms with Gasteiger partial charge >= 0.3 is 0 Å². The van der Waals surface area contributed by atoms with E-state index in [-0.39, 0.29) is 5.16 Å². The van der Waals surface area contributed by atoms with Crippen molar-refractivity contribution in [2.75, 3.05) is 6.26 Å². The van der Waals surface area contributed by atoms with Crippen LogP contribution in [0.3, 0.4) is 0 Å². The molecular weight excluding hydrogens is 236 g/mol. The van der Waals surface area contributed by atoms with Gasteiger partial charge in [0, 0.05) is 17.8 Å². The number of nitrogens with zero attached hydrogens (tertiary/aromatic N) is 4. The average Bonchev–Trinajstić information content (AvgIpc) is 2.69. The van der Waals surface area contributed by atoms with E-state index < -0.39 is 9.84 Å². The van der Waals surface area contributed by atoms with Crippen molar-refractivity contribution < 1.29 is 8.42 Å². The zero-order valence-corrected chi connectivity index (χ0v) is 9.29. The van der Waals surface area contributed by atoms with Crippen molar-refractivity contribution in [2.45, 2.75) is 5.16 Å². The topological polar surface area (TPSA) is 85.7 Å². The summed E-state index contributed by atoms with van der Waals surface area (Å²) in [5.74, 6) is 0. The third kappa shape index (κ3) is 2.16. The Balaban J connectivity index is 2.53. The molecule has 6 nitrogen and oxygen atoms in total. The molecule has 0 fully saturated rings. The minimum Gasteiger partial charge on any atom is -0.243 e. The van der Waals surface area contributed by atoms with E-state index in [2.05, 4.69) is 20.2 Å². The number of hydrogen-bond donors (Lipinski definition) is 0. The van der Waals surface area contributed by atoms with Crippen LogP contribution in [0.4, 0.5) is 0 Å². The van der Waals surface area contributed by atoms with Gasteiger partial charge in [-0.05, 0) is 0 Å². The maximum Gasteiger partial charge on any atom is 0.267 e. The van der Waals surface area contributed by atoms with Gasteiger partial charge in [0.2, 0.25) is 9.84 Å². The van der Waals surface area contributed by atoms with Gasteiger partial charge in [-0.3, -0.25) is 0 Å². The van der Waals surface area contributed by atoms with E-state index in [1.54, 1.807) is 11.6 Å². The van der Waals surface area contributed by atoms with Gasteiger partial charge in [-0.1, -0.05) is 0 Å². The molecule has 0 radical (unpaired) electrons. The lowest BCUT2D eigenvalue weighted by Gasteiger charge is -1.97. The third-order valence-electron chi connectivity index (χ3n) is 1.52. The van der Waals surface area contributed by atoms with E-state index in [1.165, 1.54) is 17.5 Å². The smallest absolute Gasteiger partial charge is 0.243 e.